The van der Waals surface area contributed by atoms with Crippen molar-refractivity contribution < 1.29 is 4.52 Å². The summed E-state index contributed by atoms with van der Waals surface area (Å²) in [5.41, 5.74) is 0. The molecule has 0 atom stereocenters. The molecule has 4 heteroatoms. The van der Waals surface area contributed by atoms with Gasteiger partial charge in [-0.25, -0.2) is 0 Å². The average Bonchev–Trinajstić information content (AvgIpc) is 1.61. The zero-order valence-corrected chi connectivity index (χ0v) is 5.91. The number of hydrogen-bond acceptors (Lipinski definition) is 2. The lowest BCUT2D eigenvalue weighted by molar-refractivity contribution is 0.398. The monoisotopic (exact) mass is 140 g/mol. The van der Waals surface area contributed by atoms with Gasteiger partial charge >= 0.3 is 0 Å². The maximum Gasteiger partial charge on any atom is 0.137 e. The van der Waals surface area contributed by atoms with E-state index >= 15 is 0 Å². The Labute approximate surface area is 46.8 Å². The summed E-state index contributed by atoms with van der Waals surface area (Å²) >= 11 is 4.50. The smallest absolute Gasteiger partial charge is 0.137 e. The van der Waals surface area contributed by atoms with Gasteiger partial charge in [-0.3, -0.25) is 0 Å². The molecule has 0 saturated carbocycles. The molecule has 0 aromatic carbocycles. The van der Waals surface area contributed by atoms with E-state index < -0.39 is 0 Å². The van der Waals surface area contributed by atoms with Crippen molar-refractivity contribution in [1.29, 1.82) is 0 Å². The van der Waals surface area contributed by atoms with Gasteiger partial charge in [0.2, 0.25) is 0 Å². The van der Waals surface area contributed by atoms with Crippen molar-refractivity contribution in [2.24, 2.45) is 0 Å². The van der Waals surface area contributed by atoms with Crippen LogP contribution in [0.3, 0.4) is 0 Å². The van der Waals surface area contributed by atoms with Crippen LogP contribution < -0.4 is 0 Å². The van der Waals surface area contributed by atoms with Crippen molar-refractivity contribution in [2.75, 3.05) is 6.61 Å². The van der Waals surface area contributed by atoms with Gasteiger partial charge in [-0.2, -0.15) is 0 Å². The maximum absolute atomic E-state index is 4.81. The van der Waals surface area contributed by atoms with Crippen LogP contribution >= 0.6 is 7.58 Å². The van der Waals surface area contributed by atoms with Gasteiger partial charge in [-0.1, -0.05) is 0 Å². The summed E-state index contributed by atoms with van der Waals surface area (Å²) in [6.07, 6.45) is 0. The first-order valence-electron chi connectivity index (χ1n) is 1.53. The van der Waals surface area contributed by atoms with Crippen LogP contribution in [0.4, 0.5) is 0 Å². The fraction of sp³-hybridized carbons (Fsp3) is 1.00. The van der Waals surface area contributed by atoms with Gasteiger partial charge in [0.15, 0.2) is 0 Å². The zero-order chi connectivity index (χ0) is 4.83. The molecule has 0 N–H and O–H groups in total. The van der Waals surface area contributed by atoms with E-state index in [1.165, 1.54) is 9.50 Å². The normalized spacial score (nSPS) is 8.83. The van der Waals surface area contributed by atoms with Crippen LogP contribution in [0, 0.1) is 0 Å². The van der Waals surface area contributed by atoms with E-state index in [9.17, 15) is 0 Å². The van der Waals surface area contributed by atoms with E-state index in [1.54, 1.807) is 0 Å². The summed E-state index contributed by atoms with van der Waals surface area (Å²) in [7, 11) is 2.10. The number of hydrogen-bond donors (Lipinski definition) is 0. The Morgan fingerprint density at radius 2 is 2.67 bits per heavy atom. The molecule has 0 heterocycles. The molecule has 0 aliphatic rings. The van der Waals surface area contributed by atoms with Crippen molar-refractivity contribution in [3.8, 4) is 0 Å². The molecule has 1 nitrogen and oxygen atoms in total. The summed E-state index contributed by atoms with van der Waals surface area (Å²) in [6.45, 7) is 2.70. The average molecular weight is 140 g/mol. The first kappa shape index (κ1) is 6.70. The van der Waals surface area contributed by atoms with Crippen molar-refractivity contribution in [3.05, 3.63) is 0 Å². The van der Waals surface area contributed by atoms with E-state index in [2.05, 4.69) is 11.2 Å². The summed E-state index contributed by atoms with van der Waals surface area (Å²) in [4.78, 5) is 0. The van der Waals surface area contributed by atoms with E-state index in [-0.39, 0.29) is 0 Å². The summed E-state index contributed by atoms with van der Waals surface area (Å²) in [5.74, 6) is 0. The molecule has 6 heavy (non-hydrogen) atoms. The van der Waals surface area contributed by atoms with Gasteiger partial charge in [0.05, 0.1) is 6.61 Å². The lowest BCUT2D eigenvalue weighted by Crippen LogP contribution is -1.65. The molecule has 0 saturated heterocycles. The van der Waals surface area contributed by atoms with E-state index in [0.717, 1.165) is 14.2 Å². The Bertz CT molecular complexity index is 67.9. The van der Waals surface area contributed by atoms with Crippen molar-refractivity contribution in [2.45, 2.75) is 6.92 Å². The van der Waals surface area contributed by atoms with Crippen LogP contribution in [0.15, 0.2) is 0 Å². The lowest BCUT2D eigenvalue weighted by Gasteiger charge is -1.76. The van der Waals surface area contributed by atoms with Crippen LogP contribution in [0.2, 0.25) is 0 Å². The molecule has 0 aromatic heterocycles. The lowest BCUT2D eigenvalue weighted by atomic mass is 10.9. The largest absolute Gasteiger partial charge is 0.318 e. The van der Waals surface area contributed by atoms with Crippen LogP contribution in [0.5, 0.6) is 0 Å². The van der Waals surface area contributed by atoms with Crippen molar-refractivity contribution in [3.63, 3.8) is 0 Å². The molecule has 0 unspecified atom stereocenters. The Morgan fingerprint density at radius 3 is 2.83 bits per heavy atom. The molecule has 0 aromatic rings. The molecule has 0 radical (unpaired) electrons. The Balaban J connectivity index is 2.86. The predicted octanol–water partition coefficient (Wildman–Crippen LogP) is 1.34. The molecule has 0 aliphatic carbocycles. The summed E-state index contributed by atoms with van der Waals surface area (Å²) in [5, 5.41) is 0. The van der Waals surface area contributed by atoms with Crippen LogP contribution in [0.25, 0.3) is 0 Å². The minimum atomic E-state index is 0.755. The standard InChI is InChI=1S/C2H5OPS2/c1-2-3-4-6-5/h2H2,1H3. The second-order valence-electron chi connectivity index (χ2n) is 0.567. The molecular weight excluding hydrogens is 135 g/mol. The molecule has 0 aliphatic heterocycles. The van der Waals surface area contributed by atoms with Crippen LogP contribution in [-0.4, -0.2) is 6.61 Å². The van der Waals surface area contributed by atoms with Gasteiger partial charge < -0.3 is 4.52 Å². The SMILES string of the molecule is CCOP=S=S. The highest BCUT2D eigenvalue weighted by atomic mass is 32.9. The first-order valence-corrected chi connectivity index (χ1v) is 4.69. The van der Waals surface area contributed by atoms with Gasteiger partial charge in [-0.05, 0) is 27.6 Å². The molecule has 0 fully saturated rings. The minimum Gasteiger partial charge on any atom is -0.318 e. The second-order valence-corrected chi connectivity index (χ2v) is 3.36. The molecule has 0 bridgehead atoms. The minimum absolute atomic E-state index is 0.755. The zero-order valence-electron chi connectivity index (χ0n) is 3.38. The first-order chi connectivity index (χ1) is 2.91. The van der Waals surface area contributed by atoms with Gasteiger partial charge in [0.1, 0.15) is 7.58 Å². The van der Waals surface area contributed by atoms with Gasteiger partial charge in [0.25, 0.3) is 0 Å². The van der Waals surface area contributed by atoms with Gasteiger partial charge in [0, 0.05) is 0 Å². The summed E-state index contributed by atoms with van der Waals surface area (Å²) in [6, 6.07) is 0. The fourth-order valence-corrected chi connectivity index (χ4v) is 1.06. The van der Waals surface area contributed by atoms with Crippen molar-refractivity contribution >= 4 is 28.3 Å². The Kier molecular flexibility index (Phi) is 6.36. The second kappa shape index (κ2) is 5.70. The van der Waals surface area contributed by atoms with E-state index in [4.69, 9.17) is 4.52 Å². The molecular formula is C2H5OPS2. The topological polar surface area (TPSA) is 9.23 Å². The quantitative estimate of drug-likeness (QED) is 0.535. The third kappa shape index (κ3) is 4.70. The predicted molar refractivity (Wildman–Crippen MR) is 33.3 cm³/mol. The fourth-order valence-electron chi connectivity index (χ4n) is 0.0742. The maximum atomic E-state index is 4.81. The van der Waals surface area contributed by atoms with Crippen LogP contribution in [0.1, 0.15) is 6.92 Å². The highest BCUT2D eigenvalue weighted by Crippen LogP contribution is 1.91. The third-order valence-corrected chi connectivity index (χ3v) is 1.68. The van der Waals surface area contributed by atoms with E-state index in [1.807, 2.05) is 6.92 Å². The van der Waals surface area contributed by atoms with Crippen LogP contribution in [-0.2, 0) is 25.2 Å². The Morgan fingerprint density at radius 1 is 2.00 bits per heavy atom. The summed E-state index contributed by atoms with van der Waals surface area (Å²) < 4.78 is 4.81. The Hall–Kier alpha value is 0.700. The van der Waals surface area contributed by atoms with Crippen molar-refractivity contribution in [1.82, 2.24) is 0 Å². The third-order valence-electron chi connectivity index (χ3n) is 0.212. The highest BCUT2D eigenvalue weighted by Gasteiger charge is 1.62. The molecule has 0 rings (SSSR count). The van der Waals surface area contributed by atoms with E-state index in [0.29, 0.717) is 0 Å². The van der Waals surface area contributed by atoms with Gasteiger partial charge in [-0.15, -0.1) is 0 Å². The molecule has 0 amide bonds. The number of rotatable bonds is 2. The molecule has 36 valence electrons. The molecule has 0 spiro atoms. The highest BCUT2D eigenvalue weighted by molar-refractivity contribution is 8.30.